The highest BCUT2D eigenvalue weighted by Crippen LogP contribution is 2.18. The summed E-state index contributed by atoms with van der Waals surface area (Å²) in [5.41, 5.74) is 0.428. The number of carbonyl (C=O) groups is 1. The Labute approximate surface area is 153 Å². The molecule has 0 atom stereocenters. The molecule has 0 N–H and O–H groups in total. The van der Waals surface area contributed by atoms with Gasteiger partial charge in [-0.3, -0.25) is 4.79 Å². The molecule has 0 aliphatic carbocycles. The molecule has 136 valence electrons. The Morgan fingerprint density at radius 1 is 0.769 bits per heavy atom. The Morgan fingerprint density at radius 2 is 1.54 bits per heavy atom. The quantitative estimate of drug-likeness (QED) is 0.840. The minimum atomic E-state index is -0.0386. The first-order valence-electron chi connectivity index (χ1n) is 9.35. The van der Waals surface area contributed by atoms with Gasteiger partial charge in [0.05, 0.1) is 0 Å². The van der Waals surface area contributed by atoms with Gasteiger partial charge in [0.15, 0.2) is 11.5 Å². The molecule has 4 rings (SSSR count). The zero-order valence-electron chi connectivity index (χ0n) is 14.9. The number of amides is 1. The summed E-state index contributed by atoms with van der Waals surface area (Å²) in [6.07, 6.45) is 5.48. The third kappa shape index (κ3) is 3.61. The van der Waals surface area contributed by atoms with Crippen molar-refractivity contribution in [2.75, 3.05) is 49.1 Å². The minimum absolute atomic E-state index is 0.0386. The van der Waals surface area contributed by atoms with Crippen LogP contribution in [0.25, 0.3) is 0 Å². The van der Waals surface area contributed by atoms with Gasteiger partial charge in [-0.1, -0.05) is 6.07 Å². The van der Waals surface area contributed by atoms with E-state index in [1.165, 1.54) is 19.3 Å². The number of anilines is 2. The lowest BCUT2D eigenvalue weighted by atomic mass is 10.1. The fraction of sp³-hybridized carbons (Fsp3) is 0.474. The molecular weight excluding hydrogens is 328 g/mol. The third-order valence-corrected chi connectivity index (χ3v) is 5.09. The summed E-state index contributed by atoms with van der Waals surface area (Å²) in [5, 5.41) is 8.49. The van der Waals surface area contributed by atoms with Crippen LogP contribution in [0.4, 0.5) is 11.6 Å². The lowest BCUT2D eigenvalue weighted by molar-refractivity contribution is 0.0739. The molecule has 26 heavy (non-hydrogen) atoms. The Hall–Kier alpha value is -2.70. The van der Waals surface area contributed by atoms with Crippen LogP contribution in [0.15, 0.2) is 36.5 Å². The molecule has 0 bridgehead atoms. The van der Waals surface area contributed by atoms with Gasteiger partial charge < -0.3 is 14.7 Å². The molecule has 7 heteroatoms. The van der Waals surface area contributed by atoms with Gasteiger partial charge in [0.25, 0.3) is 5.91 Å². The summed E-state index contributed by atoms with van der Waals surface area (Å²) >= 11 is 0. The second-order valence-electron chi connectivity index (χ2n) is 6.79. The second-order valence-corrected chi connectivity index (χ2v) is 6.79. The molecule has 2 aromatic rings. The van der Waals surface area contributed by atoms with E-state index in [-0.39, 0.29) is 5.91 Å². The number of piperazine rings is 1. The molecule has 4 heterocycles. The first kappa shape index (κ1) is 16.8. The lowest BCUT2D eigenvalue weighted by Crippen LogP contribution is -2.49. The van der Waals surface area contributed by atoms with Gasteiger partial charge in [-0.05, 0) is 43.5 Å². The third-order valence-electron chi connectivity index (χ3n) is 5.09. The molecule has 0 spiro atoms. The summed E-state index contributed by atoms with van der Waals surface area (Å²) in [7, 11) is 0. The fourth-order valence-electron chi connectivity index (χ4n) is 3.57. The van der Waals surface area contributed by atoms with E-state index >= 15 is 0 Å². The van der Waals surface area contributed by atoms with Crippen molar-refractivity contribution in [3.8, 4) is 0 Å². The van der Waals surface area contributed by atoms with Crippen molar-refractivity contribution in [1.29, 1.82) is 0 Å². The lowest BCUT2D eigenvalue weighted by Gasteiger charge is -2.35. The summed E-state index contributed by atoms with van der Waals surface area (Å²) in [6.45, 7) is 4.95. The molecule has 1 amide bonds. The fourth-order valence-corrected chi connectivity index (χ4v) is 3.57. The first-order chi connectivity index (χ1) is 12.8. The van der Waals surface area contributed by atoms with Crippen LogP contribution in [-0.2, 0) is 0 Å². The van der Waals surface area contributed by atoms with Gasteiger partial charge in [-0.25, -0.2) is 4.98 Å². The highest BCUT2D eigenvalue weighted by molar-refractivity contribution is 5.92. The maximum absolute atomic E-state index is 12.7. The monoisotopic (exact) mass is 352 g/mol. The first-order valence-corrected chi connectivity index (χ1v) is 9.35. The molecule has 2 saturated heterocycles. The van der Waals surface area contributed by atoms with Crippen LogP contribution >= 0.6 is 0 Å². The summed E-state index contributed by atoms with van der Waals surface area (Å²) < 4.78 is 0. The number of pyridine rings is 1. The number of carbonyl (C=O) groups excluding carboxylic acids is 1. The van der Waals surface area contributed by atoms with Crippen molar-refractivity contribution in [1.82, 2.24) is 20.1 Å². The summed E-state index contributed by atoms with van der Waals surface area (Å²) in [5.74, 6) is 1.80. The van der Waals surface area contributed by atoms with Gasteiger partial charge in [0.1, 0.15) is 5.82 Å². The number of hydrogen-bond acceptors (Lipinski definition) is 6. The SMILES string of the molecule is O=C(c1ccc(N2CCCCC2)nn1)N1CCN(c2ccccn2)CC1. The van der Waals surface area contributed by atoms with E-state index in [1.807, 2.05) is 35.2 Å². The smallest absolute Gasteiger partial charge is 0.274 e. The topological polar surface area (TPSA) is 65.5 Å². The highest BCUT2D eigenvalue weighted by atomic mass is 16.2. The van der Waals surface area contributed by atoms with Gasteiger partial charge in [0, 0.05) is 45.5 Å². The van der Waals surface area contributed by atoms with Crippen molar-refractivity contribution in [2.45, 2.75) is 19.3 Å². The van der Waals surface area contributed by atoms with Gasteiger partial charge in [0.2, 0.25) is 0 Å². The normalized spacial score (nSPS) is 18.1. The molecule has 2 aliphatic heterocycles. The van der Waals surface area contributed by atoms with Crippen molar-refractivity contribution >= 4 is 17.5 Å². The number of piperidine rings is 1. The number of nitrogens with zero attached hydrogens (tertiary/aromatic N) is 6. The standard InChI is InChI=1S/C19H24N6O/c26-19(16-7-8-18(22-21-16)23-10-4-1-5-11-23)25-14-12-24(13-15-25)17-6-2-3-9-20-17/h2-3,6-9H,1,4-5,10-15H2. The largest absolute Gasteiger partial charge is 0.355 e. The van der Waals surface area contributed by atoms with E-state index in [9.17, 15) is 4.79 Å². The Balaban J connectivity index is 1.36. The van der Waals surface area contributed by atoms with Crippen LogP contribution in [0.1, 0.15) is 29.8 Å². The predicted octanol–water partition coefficient (Wildman–Crippen LogP) is 1.82. The molecule has 0 saturated carbocycles. The molecule has 0 aromatic carbocycles. The zero-order valence-corrected chi connectivity index (χ0v) is 14.9. The highest BCUT2D eigenvalue weighted by Gasteiger charge is 2.24. The average molecular weight is 352 g/mol. The van der Waals surface area contributed by atoms with Crippen LogP contribution in [0.2, 0.25) is 0 Å². The molecule has 0 unspecified atom stereocenters. The minimum Gasteiger partial charge on any atom is -0.355 e. The molecule has 2 aromatic heterocycles. The van der Waals surface area contributed by atoms with E-state index in [1.54, 1.807) is 6.20 Å². The Bertz CT molecular complexity index is 721. The van der Waals surface area contributed by atoms with Crippen molar-refractivity contribution in [3.05, 3.63) is 42.2 Å². The molecule has 2 aliphatic rings. The van der Waals surface area contributed by atoms with E-state index in [4.69, 9.17) is 0 Å². The van der Waals surface area contributed by atoms with E-state index < -0.39 is 0 Å². The molecule has 2 fully saturated rings. The molecule has 7 nitrogen and oxygen atoms in total. The van der Waals surface area contributed by atoms with Crippen LogP contribution in [0.5, 0.6) is 0 Å². The van der Waals surface area contributed by atoms with Crippen molar-refractivity contribution < 1.29 is 4.79 Å². The summed E-state index contributed by atoms with van der Waals surface area (Å²) in [4.78, 5) is 23.4. The van der Waals surface area contributed by atoms with E-state index in [0.717, 1.165) is 37.8 Å². The van der Waals surface area contributed by atoms with Crippen LogP contribution < -0.4 is 9.80 Å². The Kier molecular flexibility index (Phi) is 4.95. The van der Waals surface area contributed by atoms with Gasteiger partial charge >= 0.3 is 0 Å². The Morgan fingerprint density at radius 3 is 2.19 bits per heavy atom. The maximum atomic E-state index is 12.7. The maximum Gasteiger partial charge on any atom is 0.274 e. The number of aromatic nitrogens is 3. The van der Waals surface area contributed by atoms with Crippen molar-refractivity contribution in [2.24, 2.45) is 0 Å². The zero-order chi connectivity index (χ0) is 17.8. The number of hydrogen-bond donors (Lipinski definition) is 0. The predicted molar refractivity (Wildman–Crippen MR) is 100 cm³/mol. The average Bonchev–Trinajstić information content (AvgIpc) is 2.75. The molecular formula is C19H24N6O. The van der Waals surface area contributed by atoms with Gasteiger partial charge in [-0.2, -0.15) is 0 Å². The summed E-state index contributed by atoms with van der Waals surface area (Å²) in [6, 6.07) is 9.64. The van der Waals surface area contributed by atoms with Gasteiger partial charge in [-0.15, -0.1) is 10.2 Å². The molecule has 0 radical (unpaired) electrons. The number of rotatable bonds is 3. The van der Waals surface area contributed by atoms with Crippen LogP contribution in [0.3, 0.4) is 0 Å². The second kappa shape index (κ2) is 7.68. The van der Waals surface area contributed by atoms with Crippen LogP contribution in [0, 0.1) is 0 Å². The van der Waals surface area contributed by atoms with E-state index in [2.05, 4.69) is 25.0 Å². The van der Waals surface area contributed by atoms with Crippen molar-refractivity contribution in [3.63, 3.8) is 0 Å². The van der Waals surface area contributed by atoms with E-state index in [0.29, 0.717) is 18.8 Å². The van der Waals surface area contributed by atoms with Crippen LogP contribution in [-0.4, -0.2) is 65.3 Å².